The van der Waals surface area contributed by atoms with Crippen molar-refractivity contribution < 1.29 is 19.4 Å². The van der Waals surface area contributed by atoms with Crippen LogP contribution in [0.25, 0.3) is 0 Å². The molecular weight excluding hydrogens is 238 g/mol. The predicted octanol–water partition coefficient (Wildman–Crippen LogP) is -0.615. The van der Waals surface area contributed by atoms with E-state index < -0.39 is 17.4 Å². The molecule has 4 N–H and O–H groups in total. The van der Waals surface area contributed by atoms with Gasteiger partial charge >= 0.3 is 12.0 Å². The molecule has 7 heteroatoms. The molecule has 2 amide bonds. The van der Waals surface area contributed by atoms with Gasteiger partial charge in [0.1, 0.15) is 5.41 Å². The van der Waals surface area contributed by atoms with Crippen LogP contribution in [-0.4, -0.2) is 56.5 Å². The van der Waals surface area contributed by atoms with Crippen LogP contribution in [0, 0.1) is 5.41 Å². The molecule has 1 rings (SSSR count). The third-order valence-corrected chi connectivity index (χ3v) is 3.14. The van der Waals surface area contributed by atoms with E-state index in [0.717, 1.165) is 13.0 Å². The number of ether oxygens (including phenoxy) is 1. The molecule has 1 aliphatic rings. The molecule has 0 bridgehead atoms. The van der Waals surface area contributed by atoms with Gasteiger partial charge in [-0.05, 0) is 26.9 Å². The van der Waals surface area contributed by atoms with E-state index in [1.807, 2.05) is 7.05 Å². The Balaban J connectivity index is 2.37. The number of amides is 2. The molecule has 1 saturated heterocycles. The van der Waals surface area contributed by atoms with Gasteiger partial charge in [0, 0.05) is 6.54 Å². The molecule has 2 atom stereocenters. The third kappa shape index (κ3) is 3.58. The Kier molecular flexibility index (Phi) is 5.36. The first-order valence-electron chi connectivity index (χ1n) is 6.01. The van der Waals surface area contributed by atoms with Crippen molar-refractivity contribution >= 4 is 12.0 Å². The van der Waals surface area contributed by atoms with Gasteiger partial charge in [-0.2, -0.15) is 0 Å². The lowest BCUT2D eigenvalue weighted by Gasteiger charge is -2.25. The molecule has 2 unspecified atom stereocenters. The summed E-state index contributed by atoms with van der Waals surface area (Å²) in [6, 6.07) is -0.853. The third-order valence-electron chi connectivity index (χ3n) is 3.14. The molecule has 0 spiro atoms. The minimum atomic E-state index is -1.05. The van der Waals surface area contributed by atoms with Crippen LogP contribution in [0.4, 0.5) is 4.79 Å². The zero-order chi connectivity index (χ0) is 13.6. The minimum Gasteiger partial charge on any atom is -0.481 e. The van der Waals surface area contributed by atoms with Gasteiger partial charge in [0.15, 0.2) is 0 Å². The lowest BCUT2D eigenvalue weighted by molar-refractivity contribution is -0.148. The lowest BCUT2D eigenvalue weighted by Crippen LogP contribution is -2.52. The molecule has 18 heavy (non-hydrogen) atoms. The van der Waals surface area contributed by atoms with Crippen molar-refractivity contribution in [1.82, 2.24) is 16.0 Å². The molecule has 104 valence electrons. The number of carboxylic acid groups (broad SMARTS) is 1. The quantitative estimate of drug-likeness (QED) is 0.477. The van der Waals surface area contributed by atoms with E-state index in [1.165, 1.54) is 0 Å². The molecule has 1 heterocycles. The average Bonchev–Trinajstić information content (AvgIpc) is 2.68. The highest BCUT2D eigenvalue weighted by atomic mass is 16.5. The number of hydrogen-bond acceptors (Lipinski definition) is 4. The number of carboxylic acids is 1. The molecule has 0 aromatic heterocycles. The zero-order valence-electron chi connectivity index (χ0n) is 10.8. The maximum Gasteiger partial charge on any atom is 0.315 e. The van der Waals surface area contributed by atoms with Crippen molar-refractivity contribution in [3.05, 3.63) is 0 Å². The number of rotatable bonds is 6. The number of carbonyl (C=O) groups is 2. The van der Waals surface area contributed by atoms with Crippen LogP contribution in [0.15, 0.2) is 0 Å². The molecule has 0 aromatic carbocycles. The Hall–Kier alpha value is -1.34. The topological polar surface area (TPSA) is 99.7 Å². The molecule has 0 aromatic rings. The molecular formula is C11H21N3O4. The fourth-order valence-electron chi connectivity index (χ4n) is 1.76. The summed E-state index contributed by atoms with van der Waals surface area (Å²) in [6.07, 6.45) is 0.821. The van der Waals surface area contributed by atoms with Crippen LogP contribution in [0.2, 0.25) is 0 Å². The van der Waals surface area contributed by atoms with Crippen LogP contribution in [0.3, 0.4) is 0 Å². The monoisotopic (exact) mass is 259 g/mol. The Morgan fingerprint density at radius 3 is 2.78 bits per heavy atom. The van der Waals surface area contributed by atoms with Crippen LogP contribution in [0.1, 0.15) is 13.3 Å². The highest BCUT2D eigenvalue weighted by molar-refractivity contribution is 5.79. The smallest absolute Gasteiger partial charge is 0.315 e. The Morgan fingerprint density at radius 2 is 2.17 bits per heavy atom. The van der Waals surface area contributed by atoms with Gasteiger partial charge in [0.25, 0.3) is 0 Å². The van der Waals surface area contributed by atoms with Gasteiger partial charge in [0.05, 0.1) is 19.3 Å². The SMILES string of the molecule is CNCCCNC(=O)NC1COCC1(C)C(=O)O. The molecule has 1 fully saturated rings. The van der Waals surface area contributed by atoms with E-state index in [4.69, 9.17) is 9.84 Å². The van der Waals surface area contributed by atoms with E-state index in [1.54, 1.807) is 6.92 Å². The fourth-order valence-corrected chi connectivity index (χ4v) is 1.76. The van der Waals surface area contributed by atoms with E-state index in [9.17, 15) is 9.59 Å². The van der Waals surface area contributed by atoms with Crippen molar-refractivity contribution in [2.45, 2.75) is 19.4 Å². The second kappa shape index (κ2) is 6.55. The van der Waals surface area contributed by atoms with Crippen LogP contribution in [0.5, 0.6) is 0 Å². The molecule has 1 aliphatic heterocycles. The number of nitrogens with one attached hydrogen (secondary N) is 3. The fraction of sp³-hybridized carbons (Fsp3) is 0.818. The summed E-state index contributed by atoms with van der Waals surface area (Å²) < 4.78 is 5.14. The summed E-state index contributed by atoms with van der Waals surface area (Å²) in [5.41, 5.74) is -1.05. The van der Waals surface area contributed by atoms with Crippen molar-refractivity contribution in [3.8, 4) is 0 Å². The average molecular weight is 259 g/mol. The van der Waals surface area contributed by atoms with E-state index in [-0.39, 0.29) is 19.2 Å². The van der Waals surface area contributed by atoms with Gasteiger partial charge in [0.2, 0.25) is 0 Å². The summed E-state index contributed by atoms with van der Waals surface area (Å²) >= 11 is 0. The second-order valence-corrected chi connectivity index (χ2v) is 4.65. The molecule has 0 saturated carbocycles. The largest absolute Gasteiger partial charge is 0.481 e. The first-order valence-corrected chi connectivity index (χ1v) is 6.01. The van der Waals surface area contributed by atoms with E-state index >= 15 is 0 Å². The van der Waals surface area contributed by atoms with Crippen molar-refractivity contribution in [3.63, 3.8) is 0 Å². The molecule has 7 nitrogen and oxygen atoms in total. The summed E-state index contributed by atoms with van der Waals surface area (Å²) in [5.74, 6) is -0.958. The van der Waals surface area contributed by atoms with Crippen molar-refractivity contribution in [2.75, 3.05) is 33.4 Å². The molecule has 0 radical (unpaired) electrons. The van der Waals surface area contributed by atoms with Gasteiger partial charge in [-0.3, -0.25) is 4.79 Å². The first-order chi connectivity index (χ1) is 8.50. The normalized spacial score (nSPS) is 26.9. The van der Waals surface area contributed by atoms with E-state index in [2.05, 4.69) is 16.0 Å². The number of aliphatic carboxylic acids is 1. The highest BCUT2D eigenvalue weighted by Crippen LogP contribution is 2.28. The summed E-state index contributed by atoms with van der Waals surface area (Å²) in [6.45, 7) is 3.29. The maximum atomic E-state index is 11.6. The van der Waals surface area contributed by atoms with Crippen LogP contribution in [-0.2, 0) is 9.53 Å². The zero-order valence-corrected chi connectivity index (χ0v) is 10.8. The standard InChI is InChI=1S/C11H21N3O4/c1-11(9(15)16)7-18-6-8(11)14-10(17)13-5-3-4-12-2/h8,12H,3-7H2,1-2H3,(H,15,16)(H2,13,14,17). The second-order valence-electron chi connectivity index (χ2n) is 4.65. The number of hydrogen-bond donors (Lipinski definition) is 4. The first kappa shape index (κ1) is 14.7. The van der Waals surface area contributed by atoms with Crippen LogP contribution < -0.4 is 16.0 Å². The molecule has 0 aliphatic carbocycles. The summed E-state index contributed by atoms with van der Waals surface area (Å²) in [7, 11) is 1.84. The predicted molar refractivity (Wildman–Crippen MR) is 65.4 cm³/mol. The maximum absolute atomic E-state index is 11.6. The van der Waals surface area contributed by atoms with Crippen LogP contribution >= 0.6 is 0 Å². The van der Waals surface area contributed by atoms with E-state index in [0.29, 0.717) is 6.54 Å². The van der Waals surface area contributed by atoms with Gasteiger partial charge in [-0.25, -0.2) is 4.79 Å². The summed E-state index contributed by atoms with van der Waals surface area (Å²) in [5, 5.41) is 17.4. The van der Waals surface area contributed by atoms with Gasteiger partial charge in [-0.15, -0.1) is 0 Å². The van der Waals surface area contributed by atoms with Crippen molar-refractivity contribution in [2.24, 2.45) is 5.41 Å². The summed E-state index contributed by atoms with van der Waals surface area (Å²) in [4.78, 5) is 22.7. The van der Waals surface area contributed by atoms with Gasteiger partial charge in [-0.1, -0.05) is 0 Å². The minimum absolute atomic E-state index is 0.118. The lowest BCUT2D eigenvalue weighted by atomic mass is 9.85. The Bertz CT molecular complexity index is 311. The number of urea groups is 1. The highest BCUT2D eigenvalue weighted by Gasteiger charge is 2.47. The van der Waals surface area contributed by atoms with Gasteiger partial charge < -0.3 is 25.8 Å². The Labute approximate surface area is 106 Å². The number of carbonyl (C=O) groups excluding carboxylic acids is 1. The van der Waals surface area contributed by atoms with Crippen molar-refractivity contribution in [1.29, 1.82) is 0 Å². The Morgan fingerprint density at radius 1 is 1.44 bits per heavy atom.